The molecule has 0 aliphatic carbocycles. The van der Waals surface area contributed by atoms with E-state index in [1.807, 2.05) is 19.9 Å². The molecule has 0 saturated heterocycles. The van der Waals surface area contributed by atoms with Crippen molar-refractivity contribution >= 4 is 11.8 Å². The highest BCUT2D eigenvalue weighted by molar-refractivity contribution is 7.99. The molecule has 0 aromatic heterocycles. The fourth-order valence-electron chi connectivity index (χ4n) is 1.71. The van der Waals surface area contributed by atoms with Crippen LogP contribution >= 0.6 is 11.8 Å². The van der Waals surface area contributed by atoms with Crippen molar-refractivity contribution in [3.63, 3.8) is 0 Å². The zero-order chi connectivity index (χ0) is 15.1. The van der Waals surface area contributed by atoms with Gasteiger partial charge in [0.25, 0.3) is 5.76 Å². The number of methoxy groups -OCH3 is 1. The molecule has 2 N–H and O–H groups in total. The van der Waals surface area contributed by atoms with E-state index < -0.39 is 5.76 Å². The number of alkyl halides is 2. The number of thioether (sulfide) groups is 1. The number of rotatable bonds is 8. The predicted molar refractivity (Wildman–Crippen MR) is 77.5 cm³/mol. The molecule has 1 rings (SSSR count). The van der Waals surface area contributed by atoms with Crippen LogP contribution in [0.5, 0.6) is 5.75 Å². The second kappa shape index (κ2) is 8.44. The highest BCUT2D eigenvalue weighted by Gasteiger charge is 2.14. The first kappa shape index (κ1) is 17.2. The zero-order valence-corrected chi connectivity index (χ0v) is 12.7. The maximum Gasteiger partial charge on any atom is 0.289 e. The SMILES string of the molecule is COc1cc(C(C)NCC(C)CO)ccc1SC(F)F. The van der Waals surface area contributed by atoms with Gasteiger partial charge in [0.05, 0.1) is 12.0 Å². The highest BCUT2D eigenvalue weighted by atomic mass is 32.2. The molecular weight excluding hydrogens is 284 g/mol. The van der Waals surface area contributed by atoms with E-state index >= 15 is 0 Å². The summed E-state index contributed by atoms with van der Waals surface area (Å²) in [7, 11) is 1.47. The minimum atomic E-state index is -2.46. The summed E-state index contributed by atoms with van der Waals surface area (Å²) in [5.41, 5.74) is 0.964. The van der Waals surface area contributed by atoms with Crippen LogP contribution in [0.25, 0.3) is 0 Å². The third-order valence-electron chi connectivity index (χ3n) is 2.99. The van der Waals surface area contributed by atoms with Gasteiger partial charge in [0.2, 0.25) is 0 Å². The van der Waals surface area contributed by atoms with Gasteiger partial charge < -0.3 is 15.2 Å². The lowest BCUT2D eigenvalue weighted by Gasteiger charge is -2.18. The van der Waals surface area contributed by atoms with E-state index in [-0.39, 0.29) is 18.6 Å². The molecule has 0 radical (unpaired) electrons. The summed E-state index contributed by atoms with van der Waals surface area (Å²) in [6.45, 7) is 4.75. The molecule has 0 spiro atoms. The van der Waals surface area contributed by atoms with Crippen LogP contribution in [-0.4, -0.2) is 31.1 Å². The van der Waals surface area contributed by atoms with Crippen molar-refractivity contribution in [1.29, 1.82) is 0 Å². The van der Waals surface area contributed by atoms with Crippen molar-refractivity contribution in [3.8, 4) is 5.75 Å². The first-order valence-electron chi connectivity index (χ1n) is 6.44. The fraction of sp³-hybridized carbons (Fsp3) is 0.571. The summed E-state index contributed by atoms with van der Waals surface area (Å²) in [6.07, 6.45) is 0. The Morgan fingerprint density at radius 1 is 1.35 bits per heavy atom. The summed E-state index contributed by atoms with van der Waals surface area (Å²) in [4.78, 5) is 0.433. The maximum absolute atomic E-state index is 12.4. The Bertz CT molecular complexity index is 418. The molecule has 2 unspecified atom stereocenters. The first-order valence-corrected chi connectivity index (χ1v) is 7.32. The summed E-state index contributed by atoms with van der Waals surface area (Å²) >= 11 is 0.480. The third kappa shape index (κ3) is 5.26. The van der Waals surface area contributed by atoms with Gasteiger partial charge in [0, 0.05) is 19.2 Å². The molecule has 2 atom stereocenters. The van der Waals surface area contributed by atoms with E-state index in [0.29, 0.717) is 29.0 Å². The standard InChI is InChI=1S/C14H21F2NO2S/c1-9(8-18)7-17-10(2)11-4-5-13(20-14(15)16)12(6-11)19-3/h4-6,9-10,14,17-18H,7-8H2,1-3H3. The molecule has 0 heterocycles. The minimum Gasteiger partial charge on any atom is -0.496 e. The lowest BCUT2D eigenvalue weighted by Crippen LogP contribution is -2.26. The van der Waals surface area contributed by atoms with E-state index in [0.717, 1.165) is 5.56 Å². The number of nitrogens with one attached hydrogen (secondary N) is 1. The van der Waals surface area contributed by atoms with Crippen molar-refractivity contribution in [1.82, 2.24) is 5.32 Å². The van der Waals surface area contributed by atoms with E-state index in [1.54, 1.807) is 12.1 Å². The van der Waals surface area contributed by atoms with Crippen LogP contribution in [0.4, 0.5) is 8.78 Å². The van der Waals surface area contributed by atoms with Crippen LogP contribution in [0.3, 0.4) is 0 Å². The summed E-state index contributed by atoms with van der Waals surface area (Å²) in [6, 6.07) is 5.29. The van der Waals surface area contributed by atoms with Crippen molar-refractivity contribution in [2.75, 3.05) is 20.3 Å². The quantitative estimate of drug-likeness (QED) is 0.723. The van der Waals surface area contributed by atoms with E-state index in [9.17, 15) is 8.78 Å². The topological polar surface area (TPSA) is 41.5 Å². The van der Waals surface area contributed by atoms with Crippen molar-refractivity contribution in [3.05, 3.63) is 23.8 Å². The average molecular weight is 305 g/mol. The van der Waals surface area contributed by atoms with Crippen LogP contribution in [0, 0.1) is 5.92 Å². The van der Waals surface area contributed by atoms with Crippen LogP contribution in [0.1, 0.15) is 25.5 Å². The van der Waals surface area contributed by atoms with E-state index in [4.69, 9.17) is 9.84 Å². The number of aliphatic hydroxyl groups is 1. The number of hydrogen-bond acceptors (Lipinski definition) is 4. The summed E-state index contributed by atoms with van der Waals surface area (Å²) < 4.78 is 30.0. The van der Waals surface area contributed by atoms with Crippen molar-refractivity contribution in [2.24, 2.45) is 5.92 Å². The van der Waals surface area contributed by atoms with Gasteiger partial charge in [-0.3, -0.25) is 0 Å². The third-order valence-corrected chi connectivity index (χ3v) is 3.76. The molecule has 0 bridgehead atoms. The number of halogens is 2. The van der Waals surface area contributed by atoms with Gasteiger partial charge in [0.15, 0.2) is 0 Å². The molecule has 114 valence electrons. The molecule has 0 aliphatic heterocycles. The van der Waals surface area contributed by atoms with Gasteiger partial charge in [-0.25, -0.2) is 0 Å². The molecule has 0 fully saturated rings. The van der Waals surface area contributed by atoms with Crippen LogP contribution in [-0.2, 0) is 0 Å². The summed E-state index contributed by atoms with van der Waals surface area (Å²) in [5.74, 6) is -1.83. The van der Waals surface area contributed by atoms with E-state index in [1.165, 1.54) is 7.11 Å². The van der Waals surface area contributed by atoms with Gasteiger partial charge in [-0.2, -0.15) is 8.78 Å². The van der Waals surface area contributed by atoms with Gasteiger partial charge >= 0.3 is 0 Å². The molecule has 20 heavy (non-hydrogen) atoms. The van der Waals surface area contributed by atoms with Gasteiger partial charge in [-0.1, -0.05) is 24.8 Å². The lowest BCUT2D eigenvalue weighted by atomic mass is 10.1. The van der Waals surface area contributed by atoms with Crippen molar-refractivity contribution in [2.45, 2.75) is 30.5 Å². The summed E-state index contributed by atoms with van der Waals surface area (Å²) in [5, 5.41) is 12.3. The van der Waals surface area contributed by atoms with Gasteiger partial charge in [-0.15, -0.1) is 0 Å². The monoisotopic (exact) mass is 305 g/mol. The molecule has 1 aromatic carbocycles. The Morgan fingerprint density at radius 3 is 2.60 bits per heavy atom. The van der Waals surface area contributed by atoms with Crippen molar-refractivity contribution < 1.29 is 18.6 Å². The second-order valence-corrected chi connectivity index (χ2v) is 5.74. The largest absolute Gasteiger partial charge is 0.496 e. The van der Waals surface area contributed by atoms with Crippen LogP contribution in [0.2, 0.25) is 0 Å². The molecule has 6 heteroatoms. The Morgan fingerprint density at radius 2 is 2.05 bits per heavy atom. The molecular formula is C14H21F2NO2S. The first-order chi connectivity index (χ1) is 9.47. The fourth-order valence-corrected chi connectivity index (χ4v) is 2.30. The normalized spacial score (nSPS) is 14.3. The number of ether oxygens (including phenoxy) is 1. The second-order valence-electron chi connectivity index (χ2n) is 4.71. The maximum atomic E-state index is 12.4. The molecule has 3 nitrogen and oxygen atoms in total. The van der Waals surface area contributed by atoms with Crippen LogP contribution < -0.4 is 10.1 Å². The Kier molecular flexibility index (Phi) is 7.26. The van der Waals surface area contributed by atoms with E-state index in [2.05, 4.69) is 5.32 Å². The number of hydrogen-bond donors (Lipinski definition) is 2. The predicted octanol–water partition coefficient (Wildman–Crippen LogP) is 3.29. The Hall–Kier alpha value is -0.850. The molecule has 0 amide bonds. The van der Waals surface area contributed by atoms with Gasteiger partial charge in [0.1, 0.15) is 5.75 Å². The molecule has 0 saturated carbocycles. The smallest absolute Gasteiger partial charge is 0.289 e. The lowest BCUT2D eigenvalue weighted by molar-refractivity contribution is 0.231. The van der Waals surface area contributed by atoms with Gasteiger partial charge in [-0.05, 0) is 30.5 Å². The molecule has 0 aliphatic rings. The highest BCUT2D eigenvalue weighted by Crippen LogP contribution is 2.35. The Labute approximate surface area is 122 Å². The average Bonchev–Trinajstić information content (AvgIpc) is 2.44. The zero-order valence-electron chi connectivity index (χ0n) is 11.9. The molecule has 1 aromatic rings. The number of benzene rings is 1. The number of aliphatic hydroxyl groups excluding tert-OH is 1. The van der Waals surface area contributed by atoms with Crippen LogP contribution in [0.15, 0.2) is 23.1 Å². The Balaban J connectivity index is 2.75. The minimum absolute atomic E-state index is 0.0588.